The predicted octanol–water partition coefficient (Wildman–Crippen LogP) is 0.0481. The fraction of sp³-hybridized carbons (Fsp3) is 0.533. The van der Waals surface area contributed by atoms with E-state index in [-0.39, 0.29) is 40.5 Å². The van der Waals surface area contributed by atoms with Gasteiger partial charge in [-0.3, -0.25) is 19.8 Å². The number of aromatic nitrogens is 4. The van der Waals surface area contributed by atoms with Gasteiger partial charge in [-0.05, 0) is 10.4 Å². The average Bonchev–Trinajstić information content (AvgIpc) is 3.15. The van der Waals surface area contributed by atoms with Gasteiger partial charge in [0, 0.05) is 30.7 Å². The molecule has 0 bridgehead atoms. The van der Waals surface area contributed by atoms with Crippen LogP contribution in [0.1, 0.15) is 0 Å². The molecule has 0 aromatic carbocycles. The Bertz CT molecular complexity index is 939. The van der Waals surface area contributed by atoms with Crippen molar-refractivity contribution in [3.63, 3.8) is 0 Å². The summed E-state index contributed by atoms with van der Waals surface area (Å²) in [7, 11) is 3.01. The molecule has 3 rings (SSSR count). The molecule has 1 aromatic rings. The summed E-state index contributed by atoms with van der Waals surface area (Å²) in [5, 5.41) is 27.2. The van der Waals surface area contributed by atoms with Crippen LogP contribution in [-0.4, -0.2) is 95.7 Å². The second kappa shape index (κ2) is 10.4. The summed E-state index contributed by atoms with van der Waals surface area (Å²) in [6.45, 7) is 0.0281. The molecular weight excluding hydrogens is 518 g/mol. The molecule has 1 saturated heterocycles. The number of hydrogen-bond acceptors (Lipinski definition) is 12. The first-order chi connectivity index (χ1) is 14.9. The Kier molecular flexibility index (Phi) is 7.90. The number of carboxylic acid groups (broad SMARTS) is 1. The highest BCUT2D eigenvalue weighted by Crippen LogP contribution is 2.41. The summed E-state index contributed by atoms with van der Waals surface area (Å²) >= 11 is 5.84. The molecule has 2 aliphatic rings. The molecule has 0 spiro atoms. The Balaban J connectivity index is 1.71. The Hall–Kier alpha value is -2.17. The molecule has 168 valence electrons. The van der Waals surface area contributed by atoms with Crippen LogP contribution in [-0.2, 0) is 26.2 Å². The highest BCUT2D eigenvalue weighted by atomic mass is 79.9. The Morgan fingerprint density at radius 2 is 2.26 bits per heavy atom. The zero-order chi connectivity index (χ0) is 22.5. The highest BCUT2D eigenvalue weighted by molar-refractivity contribution is 9.09. The van der Waals surface area contributed by atoms with Gasteiger partial charge in [0.05, 0.1) is 5.33 Å². The molecule has 0 radical (unpaired) electrons. The smallest absolute Gasteiger partial charge is 0.449 e. The van der Waals surface area contributed by atoms with Gasteiger partial charge in [0.15, 0.2) is 5.78 Å². The van der Waals surface area contributed by atoms with Crippen molar-refractivity contribution in [2.45, 2.75) is 16.6 Å². The van der Waals surface area contributed by atoms with Crippen LogP contribution < -0.4 is 5.32 Å². The van der Waals surface area contributed by atoms with Crippen LogP contribution in [0.3, 0.4) is 0 Å². The maximum absolute atomic E-state index is 12.8. The van der Waals surface area contributed by atoms with E-state index >= 15 is 0 Å². The third-order valence-corrected chi connectivity index (χ3v) is 7.21. The molecule has 2 N–H and O–H groups in total. The number of Topliss-reactive ketones (excluding diaryl/α,β-unsaturated/α-hetero) is 1. The number of nitrogens with zero attached hydrogens (tertiary/aromatic N) is 6. The number of amides is 1. The van der Waals surface area contributed by atoms with Gasteiger partial charge in [0.1, 0.15) is 24.2 Å². The molecule has 31 heavy (non-hydrogen) atoms. The number of ether oxygens (including phenoxy) is 1. The van der Waals surface area contributed by atoms with E-state index in [4.69, 9.17) is 9.84 Å². The number of fused-ring (bicyclic) bond motifs is 1. The van der Waals surface area contributed by atoms with E-state index in [1.165, 1.54) is 40.2 Å². The number of hydrogen-bond donors (Lipinski definition) is 2. The standard InChI is InChI=1S/C15H18BrN7O6S2/c1-22-14(18-20-21-22)31-6-7-5-30-13-10(11(25)23(13)12(7)29-15(26)27)17-4-8(19-28-2)9(24)3-16/h10,13,17H,3-6H2,1-2H3,(H,26,27)/b19-8-/t10-,13-/m1/s1. The number of halogens is 1. The molecule has 3 heterocycles. The molecule has 0 aliphatic carbocycles. The number of nitrogens with one attached hydrogen (secondary N) is 1. The van der Waals surface area contributed by atoms with E-state index in [2.05, 4.69) is 46.8 Å². The Morgan fingerprint density at radius 1 is 1.48 bits per heavy atom. The quantitative estimate of drug-likeness (QED) is 0.103. The van der Waals surface area contributed by atoms with Crippen molar-refractivity contribution in [2.24, 2.45) is 12.2 Å². The molecular formula is C15H18BrN7O6S2. The van der Waals surface area contributed by atoms with Crippen molar-refractivity contribution in [1.29, 1.82) is 0 Å². The number of β-lactam (4-membered cyclic amide) rings is 1. The van der Waals surface area contributed by atoms with Crippen LogP contribution in [0, 0.1) is 0 Å². The van der Waals surface area contributed by atoms with E-state index in [0.717, 1.165) is 0 Å². The lowest BCUT2D eigenvalue weighted by atomic mass is 10.1. The molecule has 2 atom stereocenters. The summed E-state index contributed by atoms with van der Waals surface area (Å²) in [5.41, 5.74) is 0.776. The molecule has 0 unspecified atom stereocenters. The SMILES string of the molecule is CO/N=C(/CN[C@@H]1C(=O)N2C(OC(=O)O)=C(CSc3nnnn3C)CS[C@H]12)C(=O)CBr. The van der Waals surface area contributed by atoms with Crippen LogP contribution >= 0.6 is 39.5 Å². The van der Waals surface area contributed by atoms with Crippen LogP contribution in [0.4, 0.5) is 4.79 Å². The van der Waals surface area contributed by atoms with Gasteiger partial charge in [0.2, 0.25) is 11.0 Å². The van der Waals surface area contributed by atoms with Crippen molar-refractivity contribution in [3.8, 4) is 0 Å². The summed E-state index contributed by atoms with van der Waals surface area (Å²) in [6, 6.07) is -0.625. The first-order valence-electron chi connectivity index (χ1n) is 8.72. The predicted molar refractivity (Wildman–Crippen MR) is 114 cm³/mol. The molecule has 1 fully saturated rings. The molecule has 1 aromatic heterocycles. The first kappa shape index (κ1) is 23.5. The summed E-state index contributed by atoms with van der Waals surface area (Å²) < 4.78 is 6.45. The van der Waals surface area contributed by atoms with Gasteiger partial charge < -0.3 is 14.7 Å². The molecule has 1 amide bonds. The number of oxime groups is 1. The maximum atomic E-state index is 12.8. The summed E-state index contributed by atoms with van der Waals surface area (Å²) in [5.74, 6) is 0.167. The normalized spacial score (nSPS) is 20.9. The van der Waals surface area contributed by atoms with Gasteiger partial charge in [-0.25, -0.2) is 9.48 Å². The number of carbonyl (C=O) groups is 3. The van der Waals surface area contributed by atoms with Gasteiger partial charge in [-0.2, -0.15) is 0 Å². The van der Waals surface area contributed by atoms with Crippen molar-refractivity contribution in [2.75, 3.05) is 30.5 Å². The maximum Gasteiger partial charge on any atom is 0.512 e. The van der Waals surface area contributed by atoms with Crippen LogP contribution in [0.15, 0.2) is 21.8 Å². The van der Waals surface area contributed by atoms with E-state index in [1.54, 1.807) is 7.05 Å². The van der Waals surface area contributed by atoms with Gasteiger partial charge in [-0.1, -0.05) is 32.8 Å². The van der Waals surface area contributed by atoms with Crippen LogP contribution in [0.25, 0.3) is 0 Å². The lowest BCUT2D eigenvalue weighted by Crippen LogP contribution is -2.70. The number of carbonyl (C=O) groups excluding carboxylic acids is 2. The minimum Gasteiger partial charge on any atom is -0.449 e. The zero-order valence-corrected chi connectivity index (χ0v) is 19.6. The number of tetrazole rings is 1. The fourth-order valence-electron chi connectivity index (χ4n) is 2.84. The van der Waals surface area contributed by atoms with Crippen LogP contribution in [0.5, 0.6) is 0 Å². The van der Waals surface area contributed by atoms with Gasteiger partial charge >= 0.3 is 6.16 Å². The van der Waals surface area contributed by atoms with E-state index < -0.39 is 12.2 Å². The number of aryl methyl sites for hydroxylation is 1. The van der Waals surface area contributed by atoms with Gasteiger partial charge in [-0.15, -0.1) is 16.9 Å². The number of ketones is 1. The summed E-state index contributed by atoms with van der Waals surface area (Å²) in [6.07, 6.45) is -1.51. The molecule has 0 saturated carbocycles. The average molecular weight is 536 g/mol. The minimum atomic E-state index is -1.51. The fourth-order valence-corrected chi connectivity index (χ4v) is 5.49. The first-order valence-corrected chi connectivity index (χ1v) is 11.9. The van der Waals surface area contributed by atoms with Crippen LogP contribution in [0.2, 0.25) is 0 Å². The lowest BCUT2D eigenvalue weighted by molar-refractivity contribution is -0.146. The number of thioether (sulfide) groups is 2. The zero-order valence-electron chi connectivity index (χ0n) is 16.3. The Morgan fingerprint density at radius 3 is 2.87 bits per heavy atom. The summed E-state index contributed by atoms with van der Waals surface area (Å²) in [4.78, 5) is 41.9. The van der Waals surface area contributed by atoms with Crippen molar-refractivity contribution in [3.05, 3.63) is 11.5 Å². The number of alkyl halides is 1. The van der Waals surface area contributed by atoms with E-state index in [0.29, 0.717) is 22.2 Å². The van der Waals surface area contributed by atoms with Crippen molar-refractivity contribution < 1.29 is 29.1 Å². The van der Waals surface area contributed by atoms with E-state index in [1.807, 2.05) is 0 Å². The molecule has 16 heteroatoms. The van der Waals surface area contributed by atoms with Gasteiger partial charge in [0.25, 0.3) is 5.91 Å². The van der Waals surface area contributed by atoms with Crippen molar-refractivity contribution >= 4 is 63.0 Å². The third-order valence-electron chi connectivity index (χ3n) is 4.27. The largest absolute Gasteiger partial charge is 0.512 e. The second-order valence-corrected chi connectivity index (χ2v) is 8.80. The van der Waals surface area contributed by atoms with E-state index in [9.17, 15) is 14.4 Å². The molecule has 2 aliphatic heterocycles. The van der Waals surface area contributed by atoms with Crippen molar-refractivity contribution in [1.82, 2.24) is 30.4 Å². The number of rotatable bonds is 10. The monoisotopic (exact) mass is 535 g/mol. The Labute approximate surface area is 193 Å². The third kappa shape index (κ3) is 5.19. The minimum absolute atomic E-state index is 0.00393. The highest BCUT2D eigenvalue weighted by Gasteiger charge is 2.53. The lowest BCUT2D eigenvalue weighted by Gasteiger charge is -2.49. The molecule has 13 nitrogen and oxygen atoms in total. The topological polar surface area (TPSA) is 161 Å². The second-order valence-electron chi connectivity index (χ2n) is 6.20.